The van der Waals surface area contributed by atoms with Crippen molar-refractivity contribution < 1.29 is 0 Å². The monoisotopic (exact) mass is 723 g/mol. The van der Waals surface area contributed by atoms with Crippen LogP contribution in [0.4, 0.5) is 17.1 Å². The Hall–Kier alpha value is -7.48. The van der Waals surface area contributed by atoms with Crippen molar-refractivity contribution in [1.29, 1.82) is 0 Å². The molecule has 11 aromatic carbocycles. The molecule has 0 heterocycles. The van der Waals surface area contributed by atoms with Crippen LogP contribution >= 0.6 is 0 Å². The number of para-hydroxylation sites is 1. The van der Waals surface area contributed by atoms with Crippen LogP contribution in [0, 0.1) is 0 Å². The predicted octanol–water partition coefficient (Wildman–Crippen LogP) is 15.9. The summed E-state index contributed by atoms with van der Waals surface area (Å²) in [7, 11) is 0. The third-order valence-corrected chi connectivity index (χ3v) is 11.7. The fourth-order valence-electron chi connectivity index (χ4n) is 9.01. The topological polar surface area (TPSA) is 3.24 Å². The zero-order valence-electron chi connectivity index (χ0n) is 31.3. The quantitative estimate of drug-likeness (QED) is 0.154. The molecule has 57 heavy (non-hydrogen) atoms. The Morgan fingerprint density at radius 1 is 0.211 bits per heavy atom. The van der Waals surface area contributed by atoms with Crippen LogP contribution in [-0.2, 0) is 0 Å². The Balaban J connectivity index is 1.11. The first-order chi connectivity index (χ1) is 28.3. The van der Waals surface area contributed by atoms with Crippen LogP contribution in [-0.4, -0.2) is 0 Å². The summed E-state index contributed by atoms with van der Waals surface area (Å²) in [4.78, 5) is 2.45. The number of fused-ring (bicyclic) bond motifs is 7. The molecule has 0 fully saturated rings. The van der Waals surface area contributed by atoms with Gasteiger partial charge in [-0.15, -0.1) is 0 Å². The average Bonchev–Trinajstić information content (AvgIpc) is 3.29. The minimum atomic E-state index is 1.10. The molecule has 0 saturated carbocycles. The highest BCUT2D eigenvalue weighted by Crippen LogP contribution is 2.47. The molecule has 0 radical (unpaired) electrons. The number of nitrogens with zero attached hydrogens (tertiary/aromatic N) is 1. The van der Waals surface area contributed by atoms with E-state index in [1.807, 2.05) is 0 Å². The van der Waals surface area contributed by atoms with Gasteiger partial charge in [-0.25, -0.2) is 0 Å². The van der Waals surface area contributed by atoms with Crippen LogP contribution in [0.5, 0.6) is 0 Å². The SMILES string of the molecule is c1ccc(-c2ccccc2N(c2ccc(-c3cccc4ccccc34)cc2)c2ccc(-c3cccc4c3ccc3c5ccccc5ccc43)c3ccccc23)cc1. The molecule has 0 aromatic heterocycles. The second-order valence-electron chi connectivity index (χ2n) is 14.8. The zero-order chi connectivity index (χ0) is 37.7. The summed E-state index contributed by atoms with van der Waals surface area (Å²) in [5.41, 5.74) is 10.6. The fourth-order valence-corrected chi connectivity index (χ4v) is 9.01. The lowest BCUT2D eigenvalue weighted by Crippen LogP contribution is -2.12. The van der Waals surface area contributed by atoms with Crippen molar-refractivity contribution in [2.45, 2.75) is 0 Å². The van der Waals surface area contributed by atoms with Crippen molar-refractivity contribution in [2.24, 2.45) is 0 Å². The van der Waals surface area contributed by atoms with E-state index in [0.717, 1.165) is 17.1 Å². The van der Waals surface area contributed by atoms with E-state index in [4.69, 9.17) is 0 Å². The molecular weight excluding hydrogens is 687 g/mol. The molecular formula is C56H37N. The standard InChI is InChI=1S/C56H37N/c1-2-14-39(15-3-1)46-21-10-11-27-55(46)57(42-31-28-41(29-32-42)44-24-12-18-38-16-4-6-19-43(38)44)56-37-36-53(49-22-8-9-23-54(49)56)48-26-13-25-47-51-33-30-40-17-5-7-20-45(40)50(51)34-35-52(47)48/h1-37H. The van der Waals surface area contributed by atoms with Crippen molar-refractivity contribution >= 4 is 70.9 Å². The Labute approximate surface area is 332 Å². The third-order valence-electron chi connectivity index (χ3n) is 11.7. The minimum Gasteiger partial charge on any atom is -0.309 e. The average molecular weight is 724 g/mol. The second-order valence-corrected chi connectivity index (χ2v) is 14.8. The van der Waals surface area contributed by atoms with Crippen molar-refractivity contribution in [3.8, 4) is 33.4 Å². The number of benzene rings is 11. The van der Waals surface area contributed by atoms with Gasteiger partial charge in [-0.1, -0.05) is 200 Å². The maximum atomic E-state index is 2.45. The summed E-state index contributed by atoms with van der Waals surface area (Å²) in [6, 6.07) is 82.0. The number of anilines is 3. The predicted molar refractivity (Wildman–Crippen MR) is 245 cm³/mol. The highest BCUT2D eigenvalue weighted by atomic mass is 15.1. The van der Waals surface area contributed by atoms with Crippen molar-refractivity contribution in [1.82, 2.24) is 0 Å². The molecule has 11 rings (SSSR count). The fraction of sp³-hybridized carbons (Fsp3) is 0. The molecule has 0 aliphatic carbocycles. The first-order valence-corrected chi connectivity index (χ1v) is 19.7. The zero-order valence-corrected chi connectivity index (χ0v) is 31.3. The van der Waals surface area contributed by atoms with Crippen LogP contribution in [0.3, 0.4) is 0 Å². The van der Waals surface area contributed by atoms with Crippen molar-refractivity contribution in [3.05, 3.63) is 224 Å². The van der Waals surface area contributed by atoms with E-state index in [1.54, 1.807) is 0 Å². The van der Waals surface area contributed by atoms with Crippen LogP contribution in [0.25, 0.3) is 87.2 Å². The van der Waals surface area contributed by atoms with Gasteiger partial charge >= 0.3 is 0 Å². The normalized spacial score (nSPS) is 11.5. The van der Waals surface area contributed by atoms with Gasteiger partial charge in [0.05, 0.1) is 11.4 Å². The van der Waals surface area contributed by atoms with Gasteiger partial charge in [0.25, 0.3) is 0 Å². The number of rotatable bonds is 6. The smallest absolute Gasteiger partial charge is 0.0540 e. The molecule has 0 saturated heterocycles. The third kappa shape index (κ3) is 5.55. The highest BCUT2D eigenvalue weighted by molar-refractivity contribution is 6.20. The summed E-state index contributed by atoms with van der Waals surface area (Å²) in [6.07, 6.45) is 0. The van der Waals surface area contributed by atoms with E-state index in [2.05, 4.69) is 229 Å². The highest BCUT2D eigenvalue weighted by Gasteiger charge is 2.21. The van der Waals surface area contributed by atoms with Gasteiger partial charge < -0.3 is 4.90 Å². The van der Waals surface area contributed by atoms with Gasteiger partial charge in [0.15, 0.2) is 0 Å². The molecule has 0 aliphatic heterocycles. The molecule has 0 atom stereocenters. The van der Waals surface area contributed by atoms with Gasteiger partial charge in [-0.05, 0) is 101 Å². The van der Waals surface area contributed by atoms with Crippen LogP contribution in [0.2, 0.25) is 0 Å². The maximum absolute atomic E-state index is 2.45. The van der Waals surface area contributed by atoms with E-state index in [0.29, 0.717) is 0 Å². The van der Waals surface area contributed by atoms with Crippen LogP contribution in [0.15, 0.2) is 224 Å². The Bertz CT molecular complexity index is 3280. The molecule has 1 nitrogen and oxygen atoms in total. The molecule has 0 bridgehead atoms. The molecule has 0 unspecified atom stereocenters. The molecule has 266 valence electrons. The number of hydrogen-bond donors (Lipinski definition) is 0. The molecule has 1 heteroatoms. The van der Waals surface area contributed by atoms with E-state index in [1.165, 1.54) is 87.2 Å². The lowest BCUT2D eigenvalue weighted by molar-refractivity contribution is 1.30. The molecule has 0 N–H and O–H groups in total. The van der Waals surface area contributed by atoms with Gasteiger partial charge in [0.2, 0.25) is 0 Å². The molecule has 11 aromatic rings. The number of hydrogen-bond acceptors (Lipinski definition) is 1. The van der Waals surface area contributed by atoms with E-state index < -0.39 is 0 Å². The van der Waals surface area contributed by atoms with Gasteiger partial charge in [0.1, 0.15) is 0 Å². The van der Waals surface area contributed by atoms with Gasteiger partial charge in [0, 0.05) is 16.6 Å². The van der Waals surface area contributed by atoms with E-state index in [-0.39, 0.29) is 0 Å². The Morgan fingerprint density at radius 3 is 1.54 bits per heavy atom. The lowest BCUT2D eigenvalue weighted by atomic mass is 9.90. The van der Waals surface area contributed by atoms with Crippen molar-refractivity contribution in [2.75, 3.05) is 4.90 Å². The first kappa shape index (κ1) is 32.9. The molecule has 0 spiro atoms. The first-order valence-electron chi connectivity index (χ1n) is 19.7. The Morgan fingerprint density at radius 2 is 0.702 bits per heavy atom. The lowest BCUT2D eigenvalue weighted by Gasteiger charge is -2.30. The summed E-state index contributed by atoms with van der Waals surface area (Å²) in [6.45, 7) is 0. The van der Waals surface area contributed by atoms with E-state index >= 15 is 0 Å². The largest absolute Gasteiger partial charge is 0.309 e. The van der Waals surface area contributed by atoms with Gasteiger partial charge in [-0.3, -0.25) is 0 Å². The maximum Gasteiger partial charge on any atom is 0.0540 e. The Kier molecular flexibility index (Phi) is 7.89. The summed E-state index contributed by atoms with van der Waals surface area (Å²) in [5, 5.41) is 12.6. The second kappa shape index (κ2) is 13.7. The van der Waals surface area contributed by atoms with Gasteiger partial charge in [-0.2, -0.15) is 0 Å². The van der Waals surface area contributed by atoms with E-state index in [9.17, 15) is 0 Å². The summed E-state index contributed by atoms with van der Waals surface area (Å²) < 4.78 is 0. The minimum absolute atomic E-state index is 1.10. The summed E-state index contributed by atoms with van der Waals surface area (Å²) in [5.74, 6) is 0. The van der Waals surface area contributed by atoms with Crippen LogP contribution in [0.1, 0.15) is 0 Å². The summed E-state index contributed by atoms with van der Waals surface area (Å²) >= 11 is 0. The van der Waals surface area contributed by atoms with Crippen molar-refractivity contribution in [3.63, 3.8) is 0 Å². The van der Waals surface area contributed by atoms with Crippen LogP contribution < -0.4 is 4.90 Å². The molecule has 0 amide bonds. The molecule has 0 aliphatic rings.